The summed E-state index contributed by atoms with van der Waals surface area (Å²) in [4.78, 5) is 15.3. The molecule has 11 rings (SSSR count). The molecule has 11 aromatic rings. The molecule has 0 radical (unpaired) electrons. The highest BCUT2D eigenvalue weighted by molar-refractivity contribution is 6.19. The van der Waals surface area contributed by atoms with Gasteiger partial charge in [-0.2, -0.15) is 9.97 Å². The van der Waals surface area contributed by atoms with Crippen molar-refractivity contribution in [1.29, 1.82) is 0 Å². The van der Waals surface area contributed by atoms with Crippen molar-refractivity contribution in [1.82, 2.24) is 24.1 Å². The molecule has 0 N–H and O–H groups in total. The minimum atomic E-state index is 0.582. The van der Waals surface area contributed by atoms with Gasteiger partial charge in [0.1, 0.15) is 0 Å². The van der Waals surface area contributed by atoms with Crippen LogP contribution in [0.4, 0.5) is 0 Å². The normalized spacial score (nSPS) is 11.6. The van der Waals surface area contributed by atoms with Crippen molar-refractivity contribution < 1.29 is 0 Å². The third-order valence-electron chi connectivity index (χ3n) is 10.8. The lowest BCUT2D eigenvalue weighted by Gasteiger charge is -2.11. The Morgan fingerprint density at radius 3 is 1.25 bits per heavy atom. The number of rotatable bonds is 6. The number of nitrogens with zero attached hydrogens (tertiary/aromatic N) is 5. The Labute approximate surface area is 323 Å². The Balaban J connectivity index is 1.11. The summed E-state index contributed by atoms with van der Waals surface area (Å²) in [6.45, 7) is 0. The monoisotopic (exact) mass is 715 g/mol. The summed E-state index contributed by atoms with van der Waals surface area (Å²) < 4.78 is 4.60. The van der Waals surface area contributed by atoms with Crippen molar-refractivity contribution >= 4 is 43.6 Å². The quantitative estimate of drug-likeness (QED) is 0.172. The van der Waals surface area contributed by atoms with E-state index >= 15 is 0 Å². The van der Waals surface area contributed by atoms with Gasteiger partial charge >= 0.3 is 0 Å². The maximum absolute atomic E-state index is 5.16. The largest absolute Gasteiger partial charge is 0.309 e. The molecule has 0 saturated heterocycles. The van der Waals surface area contributed by atoms with Crippen LogP contribution < -0.4 is 0 Å². The summed E-state index contributed by atoms with van der Waals surface area (Å²) in [6.07, 6.45) is 0. The van der Waals surface area contributed by atoms with Crippen LogP contribution >= 0.6 is 0 Å². The SMILES string of the molecule is c1ccc(-c2cccc(-c3ccc(-n4c5ccccc5c5cc6c(cc54)c4ccccc4n6-c4nc(-c5ccccc5)nc(-c5ccccc5)n4)cc3)c2)cc1. The third kappa shape index (κ3) is 5.29. The molecule has 0 saturated carbocycles. The van der Waals surface area contributed by atoms with Gasteiger partial charge < -0.3 is 4.57 Å². The zero-order valence-electron chi connectivity index (χ0n) is 30.3. The van der Waals surface area contributed by atoms with Gasteiger partial charge in [-0.3, -0.25) is 4.57 Å². The van der Waals surface area contributed by atoms with Gasteiger partial charge in [0, 0.05) is 38.4 Å². The van der Waals surface area contributed by atoms with E-state index in [9.17, 15) is 0 Å². The first-order chi connectivity index (χ1) is 27.8. The van der Waals surface area contributed by atoms with Gasteiger partial charge in [-0.05, 0) is 64.7 Å². The fraction of sp³-hybridized carbons (Fsp3) is 0. The first-order valence-electron chi connectivity index (χ1n) is 18.9. The Morgan fingerprint density at radius 2 is 0.696 bits per heavy atom. The molecule has 262 valence electrons. The van der Waals surface area contributed by atoms with Crippen molar-refractivity contribution in [3.05, 3.63) is 200 Å². The highest BCUT2D eigenvalue weighted by Crippen LogP contribution is 2.40. The van der Waals surface area contributed by atoms with E-state index in [0.29, 0.717) is 17.6 Å². The van der Waals surface area contributed by atoms with Gasteiger partial charge in [0.25, 0.3) is 0 Å². The smallest absolute Gasteiger partial charge is 0.238 e. The molecule has 0 unspecified atom stereocenters. The minimum absolute atomic E-state index is 0.582. The molecule has 0 spiro atoms. The molecule has 0 bridgehead atoms. The zero-order chi connectivity index (χ0) is 37.0. The Hall–Kier alpha value is -7.63. The van der Waals surface area contributed by atoms with Gasteiger partial charge in [-0.25, -0.2) is 4.98 Å². The number of aromatic nitrogens is 5. The molecule has 0 aliphatic rings. The van der Waals surface area contributed by atoms with Crippen molar-refractivity contribution in [3.8, 4) is 56.7 Å². The first-order valence-corrected chi connectivity index (χ1v) is 18.9. The molecule has 3 heterocycles. The maximum Gasteiger partial charge on any atom is 0.238 e. The van der Waals surface area contributed by atoms with Crippen LogP contribution in [0, 0.1) is 0 Å². The summed E-state index contributed by atoms with van der Waals surface area (Å²) in [7, 11) is 0. The van der Waals surface area contributed by atoms with Crippen LogP contribution in [0.15, 0.2) is 200 Å². The molecule has 5 nitrogen and oxygen atoms in total. The Morgan fingerprint density at radius 1 is 0.268 bits per heavy atom. The standard InChI is InChI=1S/C51H33N5/c1-4-15-34(16-5-1)38-21-14-22-39(31-38)35-27-29-40(30-28-35)55-45-25-12-10-23-41(45)43-33-48-44(32-47(43)55)42-24-11-13-26-46(42)56(48)51-53-49(36-17-6-2-7-18-36)52-50(54-51)37-19-8-3-9-20-37/h1-33H. The lowest BCUT2D eigenvalue weighted by Crippen LogP contribution is -2.06. The summed E-state index contributed by atoms with van der Waals surface area (Å²) >= 11 is 0. The van der Waals surface area contributed by atoms with E-state index in [1.165, 1.54) is 27.6 Å². The summed E-state index contributed by atoms with van der Waals surface area (Å²) in [6, 6.07) is 70.5. The topological polar surface area (TPSA) is 48.5 Å². The van der Waals surface area contributed by atoms with Crippen LogP contribution in [-0.4, -0.2) is 24.1 Å². The summed E-state index contributed by atoms with van der Waals surface area (Å²) in [5.74, 6) is 1.85. The molecular formula is C51H33N5. The van der Waals surface area contributed by atoms with Crippen molar-refractivity contribution in [3.63, 3.8) is 0 Å². The molecular weight excluding hydrogens is 683 g/mol. The van der Waals surface area contributed by atoms with Crippen LogP contribution in [0.3, 0.4) is 0 Å². The van der Waals surface area contributed by atoms with E-state index in [1.807, 2.05) is 60.7 Å². The van der Waals surface area contributed by atoms with E-state index in [0.717, 1.165) is 55.0 Å². The van der Waals surface area contributed by atoms with Crippen molar-refractivity contribution in [2.45, 2.75) is 0 Å². The predicted molar refractivity (Wildman–Crippen MR) is 230 cm³/mol. The van der Waals surface area contributed by atoms with Gasteiger partial charge in [0.05, 0.1) is 22.1 Å². The maximum atomic E-state index is 5.16. The van der Waals surface area contributed by atoms with E-state index in [2.05, 4.69) is 149 Å². The summed E-state index contributed by atoms with van der Waals surface area (Å²) in [5, 5.41) is 4.62. The van der Waals surface area contributed by atoms with Crippen LogP contribution in [0.5, 0.6) is 0 Å². The van der Waals surface area contributed by atoms with E-state index < -0.39 is 0 Å². The van der Waals surface area contributed by atoms with E-state index in [4.69, 9.17) is 15.0 Å². The molecule has 0 aliphatic carbocycles. The number of hydrogen-bond acceptors (Lipinski definition) is 3. The molecule has 0 fully saturated rings. The fourth-order valence-electron chi connectivity index (χ4n) is 8.13. The second-order valence-corrected chi connectivity index (χ2v) is 14.1. The number of hydrogen-bond donors (Lipinski definition) is 0. The van der Waals surface area contributed by atoms with Gasteiger partial charge in [-0.1, -0.05) is 158 Å². The average molecular weight is 716 g/mol. The lowest BCUT2D eigenvalue weighted by atomic mass is 9.99. The number of benzene rings is 8. The Bertz CT molecular complexity index is 3160. The molecule has 8 aromatic carbocycles. The Kier molecular flexibility index (Phi) is 7.42. The third-order valence-corrected chi connectivity index (χ3v) is 10.8. The average Bonchev–Trinajstić information content (AvgIpc) is 3.78. The summed E-state index contributed by atoms with van der Waals surface area (Å²) in [5.41, 5.74) is 12.2. The lowest BCUT2D eigenvalue weighted by molar-refractivity contribution is 0.954. The molecule has 0 amide bonds. The van der Waals surface area contributed by atoms with Crippen LogP contribution in [0.1, 0.15) is 0 Å². The van der Waals surface area contributed by atoms with Gasteiger partial charge in [0.2, 0.25) is 5.95 Å². The predicted octanol–water partition coefficient (Wildman–Crippen LogP) is 12.7. The second kappa shape index (κ2) is 13.0. The highest BCUT2D eigenvalue weighted by atomic mass is 15.2. The van der Waals surface area contributed by atoms with E-state index in [-0.39, 0.29) is 0 Å². The molecule has 56 heavy (non-hydrogen) atoms. The zero-order valence-corrected chi connectivity index (χ0v) is 30.3. The number of fused-ring (bicyclic) bond motifs is 6. The van der Waals surface area contributed by atoms with Crippen LogP contribution in [-0.2, 0) is 0 Å². The second-order valence-electron chi connectivity index (χ2n) is 14.1. The minimum Gasteiger partial charge on any atom is -0.309 e. The van der Waals surface area contributed by atoms with E-state index in [1.54, 1.807) is 0 Å². The number of para-hydroxylation sites is 2. The van der Waals surface area contributed by atoms with Crippen LogP contribution in [0.25, 0.3) is 100 Å². The molecule has 0 aliphatic heterocycles. The van der Waals surface area contributed by atoms with Gasteiger partial charge in [0.15, 0.2) is 11.6 Å². The first kappa shape index (κ1) is 31.9. The van der Waals surface area contributed by atoms with Crippen molar-refractivity contribution in [2.24, 2.45) is 0 Å². The van der Waals surface area contributed by atoms with Gasteiger partial charge in [-0.15, -0.1) is 0 Å². The highest BCUT2D eigenvalue weighted by Gasteiger charge is 2.21. The molecule has 0 atom stereocenters. The fourth-order valence-corrected chi connectivity index (χ4v) is 8.13. The van der Waals surface area contributed by atoms with Crippen molar-refractivity contribution in [2.75, 3.05) is 0 Å². The molecule has 3 aromatic heterocycles. The molecule has 5 heteroatoms. The van der Waals surface area contributed by atoms with Crippen LogP contribution in [0.2, 0.25) is 0 Å².